The molecule has 0 aromatic carbocycles. The van der Waals surface area contributed by atoms with Crippen molar-refractivity contribution in [3.05, 3.63) is 24.0 Å². The number of pyridine rings is 1. The second kappa shape index (κ2) is 4.96. The smallest absolute Gasteiger partial charge is 0.0550 e. The molecule has 0 fully saturated rings. The maximum absolute atomic E-state index is 4.27. The molecule has 3 nitrogen and oxygen atoms in total. The summed E-state index contributed by atoms with van der Waals surface area (Å²) in [5.41, 5.74) is 2.24. The molecule has 3 heteroatoms. The second-order valence-corrected chi connectivity index (χ2v) is 3.88. The fourth-order valence-electron chi connectivity index (χ4n) is 1.16. The number of aromatic nitrogens is 1. The highest BCUT2D eigenvalue weighted by atomic mass is 15.2. The second-order valence-electron chi connectivity index (χ2n) is 3.88. The van der Waals surface area contributed by atoms with E-state index in [1.807, 2.05) is 19.2 Å². The fourth-order valence-corrected chi connectivity index (χ4v) is 1.16. The number of hydrogen-bond donors (Lipinski definition) is 0. The van der Waals surface area contributed by atoms with Gasteiger partial charge in [-0.1, -0.05) is 0 Å². The number of hydrogen-bond acceptors (Lipinski definition) is 3. The number of rotatable bonds is 4. The van der Waals surface area contributed by atoms with E-state index < -0.39 is 0 Å². The van der Waals surface area contributed by atoms with Crippen LogP contribution < -0.4 is 4.90 Å². The quantitative estimate of drug-likeness (QED) is 0.720. The van der Waals surface area contributed by atoms with E-state index in [9.17, 15) is 0 Å². The number of anilines is 1. The first-order chi connectivity index (χ1) is 6.59. The normalized spacial score (nSPS) is 10.6. The third-order valence-electron chi connectivity index (χ3n) is 2.22. The molecule has 0 spiro atoms. The van der Waals surface area contributed by atoms with Crippen LogP contribution in [0.4, 0.5) is 5.69 Å². The summed E-state index contributed by atoms with van der Waals surface area (Å²) in [6, 6.07) is 4.15. The van der Waals surface area contributed by atoms with E-state index in [2.05, 4.69) is 42.0 Å². The molecule has 0 N–H and O–H groups in total. The van der Waals surface area contributed by atoms with Crippen molar-refractivity contribution in [1.29, 1.82) is 0 Å². The van der Waals surface area contributed by atoms with Crippen LogP contribution in [0.2, 0.25) is 0 Å². The molecular weight excluding hydrogens is 174 g/mol. The Morgan fingerprint density at radius 1 is 1.14 bits per heavy atom. The largest absolute Gasteiger partial charge is 0.372 e. The van der Waals surface area contributed by atoms with Crippen LogP contribution >= 0.6 is 0 Å². The lowest BCUT2D eigenvalue weighted by molar-refractivity contribution is 0.416. The van der Waals surface area contributed by atoms with Gasteiger partial charge in [-0.3, -0.25) is 4.98 Å². The van der Waals surface area contributed by atoms with E-state index in [0.29, 0.717) is 0 Å². The van der Waals surface area contributed by atoms with Crippen molar-refractivity contribution in [3.63, 3.8) is 0 Å². The standard InChI is InChI=1S/C11H19N3/c1-10-5-6-11(9-12-10)14(4)8-7-13(2)3/h5-6,9H,7-8H2,1-4H3. The Balaban J connectivity index is 2.52. The lowest BCUT2D eigenvalue weighted by atomic mass is 10.3. The summed E-state index contributed by atoms with van der Waals surface area (Å²) in [4.78, 5) is 8.67. The Hall–Kier alpha value is -1.09. The molecule has 14 heavy (non-hydrogen) atoms. The zero-order valence-corrected chi connectivity index (χ0v) is 9.49. The summed E-state index contributed by atoms with van der Waals surface area (Å²) in [6.45, 7) is 4.09. The van der Waals surface area contributed by atoms with E-state index in [0.717, 1.165) is 18.8 Å². The SMILES string of the molecule is Cc1ccc(N(C)CCN(C)C)cn1. The van der Waals surface area contributed by atoms with Crippen LogP contribution in [0.25, 0.3) is 0 Å². The van der Waals surface area contributed by atoms with Crippen molar-refractivity contribution in [2.75, 3.05) is 39.1 Å². The van der Waals surface area contributed by atoms with Crippen molar-refractivity contribution in [3.8, 4) is 0 Å². The molecule has 0 aliphatic heterocycles. The molecule has 0 aliphatic rings. The molecule has 1 aromatic rings. The van der Waals surface area contributed by atoms with Crippen molar-refractivity contribution in [2.24, 2.45) is 0 Å². The van der Waals surface area contributed by atoms with E-state index in [4.69, 9.17) is 0 Å². The summed E-state index contributed by atoms with van der Waals surface area (Å²) < 4.78 is 0. The zero-order chi connectivity index (χ0) is 10.6. The van der Waals surface area contributed by atoms with Crippen LogP contribution in [-0.4, -0.2) is 44.1 Å². The topological polar surface area (TPSA) is 19.4 Å². The predicted molar refractivity (Wildman–Crippen MR) is 60.8 cm³/mol. The molecule has 0 aliphatic carbocycles. The van der Waals surface area contributed by atoms with Crippen LogP contribution in [-0.2, 0) is 0 Å². The van der Waals surface area contributed by atoms with Gasteiger partial charge >= 0.3 is 0 Å². The molecule has 1 aromatic heterocycles. The van der Waals surface area contributed by atoms with Crippen molar-refractivity contribution < 1.29 is 0 Å². The van der Waals surface area contributed by atoms with Crippen molar-refractivity contribution in [2.45, 2.75) is 6.92 Å². The monoisotopic (exact) mass is 193 g/mol. The molecule has 0 unspecified atom stereocenters. The maximum atomic E-state index is 4.27. The summed E-state index contributed by atoms with van der Waals surface area (Å²) >= 11 is 0. The van der Waals surface area contributed by atoms with Crippen LogP contribution in [0.1, 0.15) is 5.69 Å². The first kappa shape index (κ1) is 11.0. The molecule has 0 radical (unpaired) electrons. The van der Waals surface area contributed by atoms with Crippen LogP contribution in [0.15, 0.2) is 18.3 Å². The molecule has 0 atom stereocenters. The number of likely N-dealkylation sites (N-methyl/N-ethyl adjacent to an activating group) is 2. The highest BCUT2D eigenvalue weighted by Crippen LogP contribution is 2.10. The van der Waals surface area contributed by atoms with E-state index in [1.165, 1.54) is 5.69 Å². The van der Waals surface area contributed by atoms with Gasteiger partial charge in [0, 0.05) is 25.8 Å². The van der Waals surface area contributed by atoms with E-state index in [-0.39, 0.29) is 0 Å². The Labute approximate surface area is 86.4 Å². The Morgan fingerprint density at radius 3 is 2.36 bits per heavy atom. The van der Waals surface area contributed by atoms with Gasteiger partial charge in [-0.25, -0.2) is 0 Å². The van der Waals surface area contributed by atoms with Gasteiger partial charge in [-0.15, -0.1) is 0 Å². The summed E-state index contributed by atoms with van der Waals surface area (Å²) in [7, 11) is 6.26. The average molecular weight is 193 g/mol. The fraction of sp³-hybridized carbons (Fsp3) is 0.545. The maximum Gasteiger partial charge on any atom is 0.0550 e. The van der Waals surface area contributed by atoms with Gasteiger partial charge in [-0.05, 0) is 33.2 Å². The number of aryl methyl sites for hydroxylation is 1. The molecular formula is C11H19N3. The minimum Gasteiger partial charge on any atom is -0.372 e. The first-order valence-electron chi connectivity index (χ1n) is 4.88. The molecule has 1 heterocycles. The van der Waals surface area contributed by atoms with Gasteiger partial charge in [0.1, 0.15) is 0 Å². The van der Waals surface area contributed by atoms with Crippen LogP contribution in [0.5, 0.6) is 0 Å². The average Bonchev–Trinajstić information content (AvgIpc) is 2.15. The molecule has 78 valence electrons. The molecule has 0 saturated carbocycles. The molecule has 0 amide bonds. The first-order valence-corrected chi connectivity index (χ1v) is 4.88. The highest BCUT2D eigenvalue weighted by Gasteiger charge is 2.00. The lowest BCUT2D eigenvalue weighted by Gasteiger charge is -2.21. The van der Waals surface area contributed by atoms with Crippen LogP contribution in [0.3, 0.4) is 0 Å². The van der Waals surface area contributed by atoms with Gasteiger partial charge < -0.3 is 9.80 Å². The summed E-state index contributed by atoms with van der Waals surface area (Å²) in [5, 5.41) is 0. The minimum atomic E-state index is 1.03. The molecule has 1 rings (SSSR count). The van der Waals surface area contributed by atoms with Gasteiger partial charge in [-0.2, -0.15) is 0 Å². The lowest BCUT2D eigenvalue weighted by Crippen LogP contribution is -2.28. The third-order valence-corrected chi connectivity index (χ3v) is 2.22. The Kier molecular flexibility index (Phi) is 3.89. The Bertz CT molecular complexity index is 266. The molecule has 0 bridgehead atoms. The molecule has 0 saturated heterocycles. The summed E-state index contributed by atoms with van der Waals surface area (Å²) in [6.07, 6.45) is 1.92. The highest BCUT2D eigenvalue weighted by molar-refractivity contribution is 5.43. The van der Waals surface area contributed by atoms with E-state index in [1.54, 1.807) is 0 Å². The van der Waals surface area contributed by atoms with Crippen molar-refractivity contribution in [1.82, 2.24) is 9.88 Å². The number of nitrogens with zero attached hydrogens (tertiary/aromatic N) is 3. The third kappa shape index (κ3) is 3.34. The zero-order valence-electron chi connectivity index (χ0n) is 9.49. The van der Waals surface area contributed by atoms with Crippen LogP contribution in [0, 0.1) is 6.92 Å². The minimum absolute atomic E-state index is 1.03. The van der Waals surface area contributed by atoms with E-state index >= 15 is 0 Å². The van der Waals surface area contributed by atoms with Gasteiger partial charge in [0.2, 0.25) is 0 Å². The predicted octanol–water partition coefficient (Wildman–Crippen LogP) is 1.39. The van der Waals surface area contributed by atoms with Gasteiger partial charge in [0.15, 0.2) is 0 Å². The van der Waals surface area contributed by atoms with Crippen molar-refractivity contribution >= 4 is 5.69 Å². The Morgan fingerprint density at radius 2 is 1.86 bits per heavy atom. The van der Waals surface area contributed by atoms with Gasteiger partial charge in [0.25, 0.3) is 0 Å². The van der Waals surface area contributed by atoms with Gasteiger partial charge in [0.05, 0.1) is 11.9 Å². The summed E-state index contributed by atoms with van der Waals surface area (Å²) in [5.74, 6) is 0.